The van der Waals surface area contributed by atoms with Gasteiger partial charge in [-0.15, -0.1) is 0 Å². The first-order valence-electron chi connectivity index (χ1n) is 6.12. The molecule has 0 bridgehead atoms. The summed E-state index contributed by atoms with van der Waals surface area (Å²) in [5, 5.41) is 4.97. The summed E-state index contributed by atoms with van der Waals surface area (Å²) in [6.07, 6.45) is 0.495. The predicted molar refractivity (Wildman–Crippen MR) is 72.1 cm³/mol. The quantitative estimate of drug-likeness (QED) is 0.801. The minimum absolute atomic E-state index is 0.0489. The topological polar surface area (TPSA) is 124 Å². The maximum absolute atomic E-state index is 13.6. The Morgan fingerprint density at radius 2 is 2.05 bits per heavy atom. The molecule has 0 aliphatic carbocycles. The van der Waals surface area contributed by atoms with Crippen molar-refractivity contribution in [2.24, 2.45) is 10.9 Å². The van der Waals surface area contributed by atoms with Crippen molar-refractivity contribution >= 4 is 27.5 Å². The van der Waals surface area contributed by atoms with E-state index in [1.165, 1.54) is 4.90 Å². The molecule has 21 heavy (non-hydrogen) atoms. The molecular weight excluding hydrogens is 301 g/mol. The average Bonchev–Trinajstić information content (AvgIpc) is 2.67. The van der Waals surface area contributed by atoms with Crippen LogP contribution in [0, 0.1) is 5.82 Å². The summed E-state index contributed by atoms with van der Waals surface area (Å²) >= 11 is 0. The number of nitrogens with two attached hydrogens (primary N) is 2. The number of halogens is 1. The first kappa shape index (κ1) is 15.4. The van der Waals surface area contributed by atoms with Gasteiger partial charge in [-0.3, -0.25) is 9.59 Å². The fourth-order valence-corrected chi connectivity index (χ4v) is 2.94. The first-order valence-corrected chi connectivity index (χ1v) is 7.67. The molecule has 1 aliphatic rings. The number of carbonyl (C=O) groups excluding carboxylic acids is 2. The van der Waals surface area contributed by atoms with E-state index in [1.807, 2.05) is 0 Å². The third-order valence-corrected chi connectivity index (χ3v) is 4.12. The maximum atomic E-state index is 13.6. The van der Waals surface area contributed by atoms with Crippen molar-refractivity contribution in [3.63, 3.8) is 0 Å². The molecule has 1 atom stereocenters. The highest BCUT2D eigenvalue weighted by atomic mass is 32.2. The Hall–Kier alpha value is -2.00. The Kier molecular flexibility index (Phi) is 3.97. The Labute approximate surface area is 120 Å². The minimum atomic E-state index is -4.10. The molecule has 9 heteroatoms. The lowest BCUT2D eigenvalue weighted by Crippen LogP contribution is -2.36. The van der Waals surface area contributed by atoms with Crippen molar-refractivity contribution in [1.82, 2.24) is 0 Å². The van der Waals surface area contributed by atoms with Crippen LogP contribution in [0.1, 0.15) is 19.3 Å². The molecule has 2 amide bonds. The SMILES string of the molecule is NC(=O)CC1CCC(=O)N1c1cc(F)cc(S(N)(=O)=O)c1. The number of benzene rings is 1. The van der Waals surface area contributed by atoms with Gasteiger partial charge in [-0.25, -0.2) is 17.9 Å². The van der Waals surface area contributed by atoms with Gasteiger partial charge in [0.05, 0.1) is 4.90 Å². The minimum Gasteiger partial charge on any atom is -0.370 e. The fourth-order valence-electron chi connectivity index (χ4n) is 2.37. The van der Waals surface area contributed by atoms with E-state index in [9.17, 15) is 22.4 Å². The number of amides is 2. The van der Waals surface area contributed by atoms with Crippen LogP contribution >= 0.6 is 0 Å². The number of primary amides is 1. The van der Waals surface area contributed by atoms with Gasteiger partial charge < -0.3 is 10.6 Å². The maximum Gasteiger partial charge on any atom is 0.238 e. The van der Waals surface area contributed by atoms with Gasteiger partial charge in [0.2, 0.25) is 21.8 Å². The number of nitrogens with zero attached hydrogens (tertiary/aromatic N) is 1. The van der Waals surface area contributed by atoms with E-state index in [2.05, 4.69) is 0 Å². The third-order valence-electron chi connectivity index (χ3n) is 3.22. The van der Waals surface area contributed by atoms with Gasteiger partial charge in [0, 0.05) is 24.6 Å². The summed E-state index contributed by atoms with van der Waals surface area (Å²) in [7, 11) is -4.10. The third kappa shape index (κ3) is 3.37. The van der Waals surface area contributed by atoms with Crippen molar-refractivity contribution in [3.05, 3.63) is 24.0 Å². The van der Waals surface area contributed by atoms with Gasteiger partial charge in [-0.1, -0.05) is 0 Å². The van der Waals surface area contributed by atoms with Gasteiger partial charge in [-0.2, -0.15) is 0 Å². The summed E-state index contributed by atoms with van der Waals surface area (Å²) < 4.78 is 36.2. The van der Waals surface area contributed by atoms with Crippen LogP contribution in [-0.2, 0) is 19.6 Å². The summed E-state index contributed by atoms with van der Waals surface area (Å²) in [6, 6.07) is 2.38. The van der Waals surface area contributed by atoms with Crippen LogP contribution in [0.15, 0.2) is 23.1 Å². The molecule has 114 valence electrons. The molecular formula is C12H14FN3O4S. The standard InChI is InChI=1S/C12H14FN3O4S/c13-7-3-9(5-10(4-7)21(15,19)20)16-8(6-11(14)17)1-2-12(16)18/h3-5,8H,1-2,6H2,(H2,14,17)(H2,15,19,20). The van der Waals surface area contributed by atoms with Crippen molar-refractivity contribution in [3.8, 4) is 0 Å². The average molecular weight is 315 g/mol. The Bertz CT molecular complexity index is 704. The molecule has 1 aliphatic heterocycles. The predicted octanol–water partition coefficient (Wildman–Crippen LogP) is -0.156. The first-order chi connectivity index (χ1) is 9.68. The Morgan fingerprint density at radius 1 is 1.38 bits per heavy atom. The van der Waals surface area contributed by atoms with Crippen LogP contribution in [0.3, 0.4) is 0 Å². The smallest absolute Gasteiger partial charge is 0.238 e. The summed E-state index contributed by atoms with van der Waals surface area (Å²) in [5.74, 6) is -1.76. The zero-order chi connectivity index (χ0) is 15.8. The lowest BCUT2D eigenvalue weighted by Gasteiger charge is -2.24. The van der Waals surface area contributed by atoms with Crippen LogP contribution in [0.2, 0.25) is 0 Å². The van der Waals surface area contributed by atoms with E-state index in [0.717, 1.165) is 18.2 Å². The largest absolute Gasteiger partial charge is 0.370 e. The van der Waals surface area contributed by atoms with Crippen LogP contribution in [0.4, 0.5) is 10.1 Å². The molecule has 2 rings (SSSR count). The molecule has 0 spiro atoms. The molecule has 4 N–H and O–H groups in total. The number of carbonyl (C=O) groups is 2. The van der Waals surface area contributed by atoms with Crippen molar-refractivity contribution in [2.75, 3.05) is 4.90 Å². The fraction of sp³-hybridized carbons (Fsp3) is 0.333. The Balaban J connectivity index is 2.46. The van der Waals surface area contributed by atoms with Crippen molar-refractivity contribution < 1.29 is 22.4 Å². The molecule has 1 aromatic rings. The van der Waals surface area contributed by atoms with Gasteiger partial charge in [-0.05, 0) is 24.6 Å². The lowest BCUT2D eigenvalue weighted by molar-refractivity contribution is -0.118. The molecule has 1 aromatic carbocycles. The molecule has 1 unspecified atom stereocenters. The lowest BCUT2D eigenvalue weighted by atomic mass is 10.1. The summed E-state index contributed by atoms with van der Waals surface area (Å²) in [4.78, 5) is 23.7. The highest BCUT2D eigenvalue weighted by Crippen LogP contribution is 2.30. The number of anilines is 1. The van der Waals surface area contributed by atoms with Gasteiger partial charge in [0.15, 0.2) is 0 Å². The van der Waals surface area contributed by atoms with E-state index in [0.29, 0.717) is 6.42 Å². The van der Waals surface area contributed by atoms with Crippen LogP contribution in [0.5, 0.6) is 0 Å². The monoisotopic (exact) mass is 315 g/mol. The van der Waals surface area contributed by atoms with E-state index in [1.54, 1.807) is 0 Å². The van der Waals surface area contributed by atoms with Crippen molar-refractivity contribution in [1.29, 1.82) is 0 Å². The number of rotatable bonds is 4. The second-order valence-corrected chi connectivity index (χ2v) is 6.38. The molecule has 1 fully saturated rings. The second-order valence-electron chi connectivity index (χ2n) is 4.82. The molecule has 1 heterocycles. The van der Waals surface area contributed by atoms with E-state index < -0.39 is 32.7 Å². The Morgan fingerprint density at radius 3 is 2.62 bits per heavy atom. The number of hydrogen-bond donors (Lipinski definition) is 2. The number of hydrogen-bond acceptors (Lipinski definition) is 4. The zero-order valence-electron chi connectivity index (χ0n) is 11.0. The molecule has 0 radical (unpaired) electrons. The summed E-state index contributed by atoms with van der Waals surface area (Å²) in [5.41, 5.74) is 5.17. The number of sulfonamides is 1. The van der Waals surface area contributed by atoms with Crippen molar-refractivity contribution in [2.45, 2.75) is 30.2 Å². The molecule has 1 saturated heterocycles. The van der Waals surface area contributed by atoms with Crippen LogP contribution in [-0.4, -0.2) is 26.3 Å². The highest BCUT2D eigenvalue weighted by molar-refractivity contribution is 7.89. The highest BCUT2D eigenvalue weighted by Gasteiger charge is 2.33. The second kappa shape index (κ2) is 5.41. The zero-order valence-corrected chi connectivity index (χ0v) is 11.8. The molecule has 0 saturated carbocycles. The molecule has 0 aromatic heterocycles. The van der Waals surface area contributed by atoms with E-state index >= 15 is 0 Å². The van der Waals surface area contributed by atoms with Crippen LogP contribution in [0.25, 0.3) is 0 Å². The molecule has 7 nitrogen and oxygen atoms in total. The van der Waals surface area contributed by atoms with Gasteiger partial charge >= 0.3 is 0 Å². The van der Waals surface area contributed by atoms with E-state index in [4.69, 9.17) is 10.9 Å². The normalized spacial score (nSPS) is 19.0. The summed E-state index contributed by atoms with van der Waals surface area (Å²) in [6.45, 7) is 0. The van der Waals surface area contributed by atoms with Gasteiger partial charge in [0.25, 0.3) is 0 Å². The number of primary sulfonamides is 1. The van der Waals surface area contributed by atoms with Crippen LogP contribution < -0.4 is 15.8 Å². The van der Waals surface area contributed by atoms with Gasteiger partial charge in [0.1, 0.15) is 5.82 Å². The van der Waals surface area contributed by atoms with E-state index in [-0.39, 0.29) is 24.4 Å².